The number of aromatic amines is 1. The van der Waals surface area contributed by atoms with E-state index in [0.29, 0.717) is 34.5 Å². The van der Waals surface area contributed by atoms with Gasteiger partial charge in [0.2, 0.25) is 0 Å². The molecule has 0 bridgehead atoms. The Bertz CT molecular complexity index is 1450. The first kappa shape index (κ1) is 26.4. The number of allylic oxidation sites excluding steroid dienone is 5. The van der Waals surface area contributed by atoms with Crippen molar-refractivity contribution in [2.75, 3.05) is 39.0 Å². The molecule has 9 heteroatoms. The molecule has 3 N–H and O–H groups in total. The maximum absolute atomic E-state index is 13.3. The quantitative estimate of drug-likeness (QED) is 0.498. The lowest BCUT2D eigenvalue weighted by Crippen LogP contribution is -3.12. The maximum Gasteiger partial charge on any atom is 0.256 e. The molecule has 38 heavy (non-hydrogen) atoms. The Kier molecular flexibility index (Phi) is 7.09. The number of likely N-dealkylation sites (N-methyl/N-ethyl adjacent to an activating group) is 1. The van der Waals surface area contributed by atoms with Gasteiger partial charge in [0.1, 0.15) is 0 Å². The van der Waals surface area contributed by atoms with E-state index in [1.807, 2.05) is 37.0 Å². The van der Waals surface area contributed by atoms with E-state index in [1.54, 1.807) is 12.2 Å². The normalized spacial score (nSPS) is 23.5. The zero-order valence-electron chi connectivity index (χ0n) is 22.6. The number of carbonyl (C=O) groups is 2. The number of aromatic nitrogens is 1. The Balaban J connectivity index is 1.42. The Labute approximate surface area is 224 Å². The third-order valence-electron chi connectivity index (χ3n) is 8.15. The van der Waals surface area contributed by atoms with Gasteiger partial charge in [-0.05, 0) is 51.7 Å². The molecule has 0 radical (unpaired) electrons. The molecule has 8 nitrogen and oxygen atoms in total. The first-order valence-electron chi connectivity index (χ1n) is 13.4. The summed E-state index contributed by atoms with van der Waals surface area (Å²) in [4.78, 5) is 32.9. The average Bonchev–Trinajstić information content (AvgIpc) is 3.34. The Morgan fingerprint density at radius 2 is 1.89 bits per heavy atom. The number of fused-ring (bicyclic) bond motifs is 1. The number of H-pyrrole nitrogens is 1. The van der Waals surface area contributed by atoms with Gasteiger partial charge in [0, 0.05) is 22.7 Å². The molecule has 1 aromatic rings. The zero-order chi connectivity index (χ0) is 27.2. The minimum absolute atomic E-state index is 0.00922. The van der Waals surface area contributed by atoms with Crippen molar-refractivity contribution < 1.29 is 22.9 Å². The van der Waals surface area contributed by atoms with E-state index in [0.717, 1.165) is 55.9 Å². The summed E-state index contributed by atoms with van der Waals surface area (Å²) in [6.07, 6.45) is 11.2. The molecule has 3 heterocycles. The van der Waals surface area contributed by atoms with E-state index in [4.69, 9.17) is 0 Å². The molecule has 1 unspecified atom stereocenters. The molecule has 2 fully saturated rings. The van der Waals surface area contributed by atoms with E-state index < -0.39 is 15.1 Å². The fourth-order valence-corrected chi connectivity index (χ4v) is 7.35. The Morgan fingerprint density at radius 1 is 1.16 bits per heavy atom. The number of sulfone groups is 1. The van der Waals surface area contributed by atoms with Crippen molar-refractivity contribution in [1.82, 2.24) is 15.2 Å². The lowest BCUT2D eigenvalue weighted by molar-refractivity contribution is -0.883. The first-order valence-corrected chi connectivity index (χ1v) is 15.1. The molecule has 4 aliphatic rings. The maximum atomic E-state index is 13.3. The second-order valence-electron chi connectivity index (χ2n) is 11.0. The number of nitrogens with zero attached hydrogens (tertiary/aromatic N) is 1. The van der Waals surface area contributed by atoms with Crippen molar-refractivity contribution in [2.24, 2.45) is 0 Å². The third-order valence-corrected chi connectivity index (χ3v) is 10.2. The summed E-state index contributed by atoms with van der Waals surface area (Å²) < 4.78 is 26.6. The zero-order valence-corrected chi connectivity index (χ0v) is 23.4. The molecule has 2 aliphatic heterocycles. The highest BCUT2D eigenvalue weighted by Gasteiger charge is 2.35. The number of rotatable bonds is 5. The van der Waals surface area contributed by atoms with Crippen LogP contribution in [0.2, 0.25) is 0 Å². The number of hydrogen-bond acceptors (Lipinski definition) is 4. The molecule has 1 aromatic heterocycles. The summed E-state index contributed by atoms with van der Waals surface area (Å²) in [6.45, 7) is 9.11. The van der Waals surface area contributed by atoms with Crippen molar-refractivity contribution in [3.8, 4) is 0 Å². The highest BCUT2D eigenvalue weighted by Crippen LogP contribution is 2.35. The molecule has 202 valence electrons. The molecule has 2 aliphatic carbocycles. The number of amides is 2. The van der Waals surface area contributed by atoms with Crippen LogP contribution < -0.4 is 10.2 Å². The lowest BCUT2D eigenvalue weighted by atomic mass is 9.98. The lowest BCUT2D eigenvalue weighted by Gasteiger charge is -2.30. The van der Waals surface area contributed by atoms with Crippen molar-refractivity contribution in [3.63, 3.8) is 0 Å². The van der Waals surface area contributed by atoms with Crippen LogP contribution in [0, 0.1) is 13.8 Å². The molecule has 0 aromatic carbocycles. The van der Waals surface area contributed by atoms with Crippen molar-refractivity contribution in [1.29, 1.82) is 0 Å². The van der Waals surface area contributed by atoms with Crippen LogP contribution in [0.1, 0.15) is 53.5 Å². The van der Waals surface area contributed by atoms with Crippen molar-refractivity contribution in [2.45, 2.75) is 45.3 Å². The summed E-state index contributed by atoms with van der Waals surface area (Å²) in [5.74, 6) is -0.226. The summed E-state index contributed by atoms with van der Waals surface area (Å²) in [6, 6.07) is 0. The average molecular weight is 538 g/mol. The molecular formula is C29H37N4O4S+. The summed E-state index contributed by atoms with van der Waals surface area (Å²) in [5.41, 5.74) is 6.77. The topological polar surface area (TPSA) is 104 Å². The van der Waals surface area contributed by atoms with E-state index >= 15 is 0 Å². The van der Waals surface area contributed by atoms with E-state index in [-0.39, 0.29) is 17.6 Å². The molecule has 0 spiro atoms. The van der Waals surface area contributed by atoms with Gasteiger partial charge in [0.05, 0.1) is 55.4 Å². The second-order valence-corrected chi connectivity index (χ2v) is 13.3. The van der Waals surface area contributed by atoms with Crippen LogP contribution in [0.4, 0.5) is 0 Å². The van der Waals surface area contributed by atoms with Gasteiger partial charge in [-0.1, -0.05) is 35.5 Å². The minimum atomic E-state index is -3.44. The summed E-state index contributed by atoms with van der Waals surface area (Å²) in [5, 5.41) is 2.20. The van der Waals surface area contributed by atoms with Gasteiger partial charge < -0.3 is 20.1 Å². The van der Waals surface area contributed by atoms with Crippen molar-refractivity contribution in [3.05, 3.63) is 74.8 Å². The number of nitrogens with one attached hydrogen (secondary N) is 3. The van der Waals surface area contributed by atoms with Gasteiger partial charge in [-0.25, -0.2) is 8.42 Å². The van der Waals surface area contributed by atoms with Crippen LogP contribution in [0.25, 0.3) is 6.08 Å². The number of piperazine rings is 1. The van der Waals surface area contributed by atoms with Gasteiger partial charge in [-0.2, -0.15) is 0 Å². The van der Waals surface area contributed by atoms with Gasteiger partial charge in [0.25, 0.3) is 11.8 Å². The number of carbonyl (C=O) groups excluding carboxylic acids is 2. The molecular weight excluding hydrogens is 500 g/mol. The first-order chi connectivity index (χ1) is 18.0. The molecule has 5 rings (SSSR count). The van der Waals surface area contributed by atoms with Gasteiger partial charge in [0.15, 0.2) is 9.84 Å². The Morgan fingerprint density at radius 3 is 2.58 bits per heavy atom. The van der Waals surface area contributed by atoms with E-state index in [1.165, 1.54) is 10.5 Å². The van der Waals surface area contributed by atoms with Crippen LogP contribution in [-0.2, 0) is 14.6 Å². The minimum Gasteiger partial charge on any atom is -0.358 e. The standard InChI is InChI=1S/C29H36N4O4S/c1-18-5-7-21(8-6-18)17-38(36,37)22-9-10-25-23(15-22)24(28(34)31-25)16-26-19(2)27(20(3)30-26)29(35)33-13-11-32(4)12-14-33/h5,7,10,15-16,22,30H,6,8-9,11-14,17H2,1-4H3,(H,31,34)/p+1/b24-16-. The van der Waals surface area contributed by atoms with Crippen LogP contribution in [0.15, 0.2) is 52.3 Å². The number of quaternary nitrogens is 1. The second kappa shape index (κ2) is 10.2. The molecule has 2 amide bonds. The summed E-state index contributed by atoms with van der Waals surface area (Å²) in [7, 11) is -1.30. The fourth-order valence-electron chi connectivity index (χ4n) is 5.65. The molecule has 2 saturated heterocycles. The Hall–Kier alpha value is -3.17. The van der Waals surface area contributed by atoms with E-state index in [2.05, 4.69) is 24.3 Å². The SMILES string of the molecule is CC1=CC=C(CS(=O)(=O)C2C=C3C(=CC2)NC(=O)/C3=C\c2[nH]c(C)c(C(=O)N3CC[NH+](C)CC3)c2C)CC1. The monoisotopic (exact) mass is 537 g/mol. The van der Waals surface area contributed by atoms with Crippen molar-refractivity contribution >= 4 is 27.7 Å². The van der Waals surface area contributed by atoms with Crippen LogP contribution in [-0.4, -0.2) is 74.3 Å². The molecule has 0 saturated carbocycles. The number of aryl methyl sites for hydroxylation is 1. The largest absolute Gasteiger partial charge is 0.358 e. The fraction of sp³-hybridized carbons (Fsp3) is 0.448. The highest BCUT2D eigenvalue weighted by atomic mass is 32.2. The predicted octanol–water partition coefficient (Wildman–Crippen LogP) is 1.78. The van der Waals surface area contributed by atoms with Crippen LogP contribution in [0.3, 0.4) is 0 Å². The molecule has 1 atom stereocenters. The smallest absolute Gasteiger partial charge is 0.256 e. The predicted molar refractivity (Wildman–Crippen MR) is 148 cm³/mol. The summed E-state index contributed by atoms with van der Waals surface area (Å²) >= 11 is 0. The van der Waals surface area contributed by atoms with Crippen LogP contribution in [0.5, 0.6) is 0 Å². The number of hydrogen-bond donors (Lipinski definition) is 3. The van der Waals surface area contributed by atoms with Crippen LogP contribution >= 0.6 is 0 Å². The van der Waals surface area contributed by atoms with Gasteiger partial charge >= 0.3 is 0 Å². The van der Waals surface area contributed by atoms with E-state index in [9.17, 15) is 18.0 Å². The third kappa shape index (κ3) is 5.09. The van der Waals surface area contributed by atoms with Gasteiger partial charge in [-0.3, -0.25) is 9.59 Å². The van der Waals surface area contributed by atoms with Gasteiger partial charge in [-0.15, -0.1) is 0 Å². The highest BCUT2D eigenvalue weighted by molar-refractivity contribution is 7.92.